The predicted octanol–water partition coefficient (Wildman–Crippen LogP) is 3.93. The van der Waals surface area contributed by atoms with E-state index in [0.717, 1.165) is 27.6 Å². The fraction of sp³-hybridized carbons (Fsp3) is 0.133. The van der Waals surface area contributed by atoms with Crippen LogP contribution in [0, 0.1) is 0 Å². The van der Waals surface area contributed by atoms with Crippen LogP contribution in [0.2, 0.25) is 0 Å². The summed E-state index contributed by atoms with van der Waals surface area (Å²) in [5.41, 5.74) is 10.4. The third-order valence-electron chi connectivity index (χ3n) is 3.25. The van der Waals surface area contributed by atoms with Crippen LogP contribution >= 0.6 is 15.9 Å². The number of fused-ring (bicyclic) bond motifs is 1. The second kappa shape index (κ2) is 4.70. The van der Waals surface area contributed by atoms with E-state index in [4.69, 9.17) is 5.73 Å². The molecule has 3 nitrogen and oxygen atoms in total. The van der Waals surface area contributed by atoms with Crippen LogP contribution in [0.25, 0.3) is 16.7 Å². The van der Waals surface area contributed by atoms with Crippen molar-refractivity contribution in [1.82, 2.24) is 9.55 Å². The van der Waals surface area contributed by atoms with Crippen molar-refractivity contribution in [1.29, 1.82) is 0 Å². The predicted molar refractivity (Wildman–Crippen MR) is 82.6 cm³/mol. The van der Waals surface area contributed by atoms with Gasteiger partial charge in [-0.1, -0.05) is 35.0 Å². The quantitative estimate of drug-likeness (QED) is 0.778. The summed E-state index contributed by atoms with van der Waals surface area (Å²) >= 11 is 3.51. The molecule has 0 aliphatic rings. The van der Waals surface area contributed by atoms with Gasteiger partial charge in [0.1, 0.15) is 0 Å². The highest BCUT2D eigenvalue weighted by molar-refractivity contribution is 9.10. The van der Waals surface area contributed by atoms with E-state index in [1.807, 2.05) is 34.9 Å². The summed E-state index contributed by atoms with van der Waals surface area (Å²) in [6.45, 7) is 2.14. The van der Waals surface area contributed by atoms with Crippen LogP contribution in [0.3, 0.4) is 0 Å². The molecule has 0 radical (unpaired) electrons. The van der Waals surface area contributed by atoms with E-state index < -0.39 is 0 Å². The smallest absolute Gasteiger partial charge is 0.205 e. The van der Waals surface area contributed by atoms with Crippen molar-refractivity contribution >= 4 is 32.9 Å². The number of nitrogens with two attached hydrogens (primary N) is 1. The Hall–Kier alpha value is -1.81. The Bertz CT molecular complexity index is 746. The molecule has 4 heteroatoms. The normalized spacial score (nSPS) is 11.1. The first-order valence-corrected chi connectivity index (χ1v) is 7.01. The van der Waals surface area contributed by atoms with Gasteiger partial charge in [-0.2, -0.15) is 0 Å². The minimum absolute atomic E-state index is 0.526. The van der Waals surface area contributed by atoms with Gasteiger partial charge in [0.15, 0.2) is 0 Å². The van der Waals surface area contributed by atoms with Gasteiger partial charge < -0.3 is 5.73 Å². The van der Waals surface area contributed by atoms with Gasteiger partial charge in [-0.15, -0.1) is 0 Å². The number of aryl methyl sites for hydroxylation is 1. The molecule has 0 atom stereocenters. The van der Waals surface area contributed by atoms with E-state index in [1.165, 1.54) is 5.56 Å². The Kier molecular flexibility index (Phi) is 3.03. The van der Waals surface area contributed by atoms with Crippen LogP contribution in [-0.2, 0) is 6.42 Å². The minimum Gasteiger partial charge on any atom is -0.369 e. The number of benzene rings is 2. The lowest BCUT2D eigenvalue weighted by molar-refractivity contribution is 1.04. The largest absolute Gasteiger partial charge is 0.369 e. The van der Waals surface area contributed by atoms with Crippen LogP contribution in [0.5, 0.6) is 0 Å². The summed E-state index contributed by atoms with van der Waals surface area (Å²) in [6.07, 6.45) is 0.945. The maximum atomic E-state index is 6.09. The van der Waals surface area contributed by atoms with Crippen molar-refractivity contribution in [3.63, 3.8) is 0 Å². The minimum atomic E-state index is 0.526. The molecule has 3 aromatic rings. The number of rotatable bonds is 2. The monoisotopic (exact) mass is 315 g/mol. The fourth-order valence-electron chi connectivity index (χ4n) is 2.35. The summed E-state index contributed by atoms with van der Waals surface area (Å²) in [5.74, 6) is 0.526. The van der Waals surface area contributed by atoms with Crippen molar-refractivity contribution in [2.45, 2.75) is 13.3 Å². The molecule has 19 heavy (non-hydrogen) atoms. The number of nitrogens with zero attached hydrogens (tertiary/aromatic N) is 2. The van der Waals surface area contributed by atoms with Crippen molar-refractivity contribution in [3.8, 4) is 5.69 Å². The van der Waals surface area contributed by atoms with Gasteiger partial charge >= 0.3 is 0 Å². The molecule has 3 rings (SSSR count). The van der Waals surface area contributed by atoms with Gasteiger partial charge in [-0.25, -0.2) is 4.98 Å². The second-order valence-corrected chi connectivity index (χ2v) is 5.34. The lowest BCUT2D eigenvalue weighted by Crippen LogP contribution is -2.03. The van der Waals surface area contributed by atoms with E-state index in [-0.39, 0.29) is 0 Å². The molecule has 0 aliphatic heterocycles. The number of hydrogen-bond donors (Lipinski definition) is 1. The van der Waals surface area contributed by atoms with E-state index in [2.05, 4.69) is 40.0 Å². The number of aromatic nitrogens is 2. The molecular weight excluding hydrogens is 302 g/mol. The molecule has 0 fully saturated rings. The van der Waals surface area contributed by atoms with Crippen LogP contribution < -0.4 is 5.73 Å². The molecule has 0 unspecified atom stereocenters. The van der Waals surface area contributed by atoms with Crippen LogP contribution in [0.1, 0.15) is 12.5 Å². The first-order chi connectivity index (χ1) is 9.20. The molecule has 0 saturated carbocycles. The molecule has 0 bridgehead atoms. The molecule has 1 aromatic heterocycles. The van der Waals surface area contributed by atoms with Gasteiger partial charge in [0.25, 0.3) is 0 Å². The number of imidazole rings is 1. The highest BCUT2D eigenvalue weighted by Crippen LogP contribution is 2.27. The van der Waals surface area contributed by atoms with Gasteiger partial charge in [-0.05, 0) is 42.3 Å². The molecule has 0 amide bonds. The summed E-state index contributed by atoms with van der Waals surface area (Å²) in [4.78, 5) is 4.42. The van der Waals surface area contributed by atoms with Gasteiger partial charge in [0.05, 0.1) is 16.7 Å². The SMILES string of the molecule is CCc1cc(Br)ccc1-n1c(N)nc2ccccc21. The molecule has 2 aromatic carbocycles. The number of hydrogen-bond acceptors (Lipinski definition) is 2. The number of halogens is 1. The molecule has 2 N–H and O–H groups in total. The Balaban J connectivity index is 2.33. The zero-order valence-corrected chi connectivity index (χ0v) is 12.2. The lowest BCUT2D eigenvalue weighted by Gasteiger charge is -2.12. The highest BCUT2D eigenvalue weighted by Gasteiger charge is 2.12. The molecule has 0 spiro atoms. The summed E-state index contributed by atoms with van der Waals surface area (Å²) in [7, 11) is 0. The average Bonchev–Trinajstić information content (AvgIpc) is 2.74. The van der Waals surface area contributed by atoms with Crippen molar-refractivity contribution in [3.05, 3.63) is 52.5 Å². The Morgan fingerprint density at radius 2 is 2.00 bits per heavy atom. The first kappa shape index (κ1) is 12.2. The van der Waals surface area contributed by atoms with Gasteiger partial charge in [0.2, 0.25) is 5.95 Å². The zero-order valence-electron chi connectivity index (χ0n) is 10.6. The van der Waals surface area contributed by atoms with E-state index in [9.17, 15) is 0 Å². The van der Waals surface area contributed by atoms with Crippen LogP contribution in [0.15, 0.2) is 46.9 Å². The standard InChI is InChI=1S/C15H14BrN3/c1-2-10-9-11(16)7-8-13(10)19-14-6-4-3-5-12(14)18-15(19)17/h3-9H,2H2,1H3,(H2,17,18). The third kappa shape index (κ3) is 2.02. The van der Waals surface area contributed by atoms with Crippen molar-refractivity contribution in [2.75, 3.05) is 5.73 Å². The summed E-state index contributed by atoms with van der Waals surface area (Å²) in [5, 5.41) is 0. The highest BCUT2D eigenvalue weighted by atomic mass is 79.9. The third-order valence-corrected chi connectivity index (χ3v) is 3.74. The Labute approximate surface area is 120 Å². The van der Waals surface area contributed by atoms with Gasteiger partial charge in [-0.3, -0.25) is 4.57 Å². The summed E-state index contributed by atoms with van der Waals surface area (Å²) < 4.78 is 3.09. The maximum Gasteiger partial charge on any atom is 0.205 e. The molecule has 1 heterocycles. The molecular formula is C15H14BrN3. The first-order valence-electron chi connectivity index (χ1n) is 6.22. The van der Waals surface area contributed by atoms with E-state index in [1.54, 1.807) is 0 Å². The van der Waals surface area contributed by atoms with Crippen LogP contribution in [-0.4, -0.2) is 9.55 Å². The molecule has 0 saturated heterocycles. The Morgan fingerprint density at radius 3 is 2.79 bits per heavy atom. The molecule has 96 valence electrons. The number of anilines is 1. The Morgan fingerprint density at radius 1 is 1.21 bits per heavy atom. The number of para-hydroxylation sites is 2. The second-order valence-electron chi connectivity index (χ2n) is 4.42. The topological polar surface area (TPSA) is 43.8 Å². The zero-order chi connectivity index (χ0) is 13.4. The average molecular weight is 316 g/mol. The van der Waals surface area contributed by atoms with E-state index in [0.29, 0.717) is 5.95 Å². The maximum absolute atomic E-state index is 6.09. The molecule has 0 aliphatic carbocycles. The lowest BCUT2D eigenvalue weighted by atomic mass is 10.1. The van der Waals surface area contributed by atoms with Crippen LogP contribution in [0.4, 0.5) is 5.95 Å². The van der Waals surface area contributed by atoms with E-state index >= 15 is 0 Å². The summed E-state index contributed by atoms with van der Waals surface area (Å²) in [6, 6.07) is 14.2. The van der Waals surface area contributed by atoms with Crippen molar-refractivity contribution in [2.24, 2.45) is 0 Å². The number of nitrogen functional groups attached to an aromatic ring is 1. The fourth-order valence-corrected chi connectivity index (χ4v) is 2.76. The van der Waals surface area contributed by atoms with Crippen molar-refractivity contribution < 1.29 is 0 Å². The van der Waals surface area contributed by atoms with Gasteiger partial charge in [0, 0.05) is 4.47 Å².